The van der Waals surface area contributed by atoms with Crippen molar-refractivity contribution in [2.45, 2.75) is 25.8 Å². The van der Waals surface area contributed by atoms with Gasteiger partial charge in [0.25, 0.3) is 0 Å². The Labute approximate surface area is 129 Å². The predicted octanol–water partition coefficient (Wildman–Crippen LogP) is 2.26. The summed E-state index contributed by atoms with van der Waals surface area (Å²) in [6.45, 7) is 1.88. The van der Waals surface area contributed by atoms with Gasteiger partial charge in [0.15, 0.2) is 0 Å². The standard InChI is InChI=1S/C17H18N2O3/c1-12-7-8-13(11-18-12)9-16(20)19-15(10-17(21)22)14-5-3-2-4-6-14/h2-8,11,15H,9-10H2,1H3,(H,19,20)(H,21,22). The molecule has 2 aromatic rings. The Morgan fingerprint density at radius 3 is 2.50 bits per heavy atom. The van der Waals surface area contributed by atoms with E-state index < -0.39 is 12.0 Å². The molecule has 0 spiro atoms. The molecular formula is C17H18N2O3. The van der Waals surface area contributed by atoms with Crippen molar-refractivity contribution in [3.05, 3.63) is 65.5 Å². The van der Waals surface area contributed by atoms with E-state index in [0.717, 1.165) is 16.8 Å². The molecule has 1 unspecified atom stereocenters. The average Bonchev–Trinajstić information content (AvgIpc) is 2.49. The smallest absolute Gasteiger partial charge is 0.305 e. The fraction of sp³-hybridized carbons (Fsp3) is 0.235. The van der Waals surface area contributed by atoms with Crippen molar-refractivity contribution in [1.82, 2.24) is 10.3 Å². The third kappa shape index (κ3) is 4.70. The van der Waals surface area contributed by atoms with Crippen LogP contribution >= 0.6 is 0 Å². The van der Waals surface area contributed by atoms with Crippen molar-refractivity contribution in [1.29, 1.82) is 0 Å². The highest BCUT2D eigenvalue weighted by Crippen LogP contribution is 2.16. The Hall–Kier alpha value is -2.69. The van der Waals surface area contributed by atoms with E-state index in [-0.39, 0.29) is 18.7 Å². The van der Waals surface area contributed by atoms with Gasteiger partial charge < -0.3 is 10.4 Å². The first kappa shape index (κ1) is 15.7. The van der Waals surface area contributed by atoms with Crippen LogP contribution in [0.1, 0.15) is 29.3 Å². The SMILES string of the molecule is Cc1ccc(CC(=O)NC(CC(=O)O)c2ccccc2)cn1. The largest absolute Gasteiger partial charge is 0.481 e. The van der Waals surface area contributed by atoms with E-state index in [1.165, 1.54) is 0 Å². The Morgan fingerprint density at radius 2 is 1.91 bits per heavy atom. The minimum Gasteiger partial charge on any atom is -0.481 e. The number of carbonyl (C=O) groups excluding carboxylic acids is 1. The Bertz CT molecular complexity index is 639. The summed E-state index contributed by atoms with van der Waals surface area (Å²) in [5.41, 5.74) is 2.46. The number of aryl methyl sites for hydroxylation is 1. The topological polar surface area (TPSA) is 79.3 Å². The molecule has 5 nitrogen and oxygen atoms in total. The van der Waals surface area contributed by atoms with Gasteiger partial charge in [0.1, 0.15) is 0 Å². The highest BCUT2D eigenvalue weighted by Gasteiger charge is 2.18. The molecule has 2 rings (SSSR count). The van der Waals surface area contributed by atoms with Crippen LogP contribution in [0.25, 0.3) is 0 Å². The maximum atomic E-state index is 12.1. The van der Waals surface area contributed by atoms with E-state index in [4.69, 9.17) is 5.11 Å². The summed E-state index contributed by atoms with van der Waals surface area (Å²) in [5.74, 6) is -1.17. The minimum atomic E-state index is -0.953. The number of carboxylic acids is 1. The number of hydrogen-bond acceptors (Lipinski definition) is 3. The lowest BCUT2D eigenvalue weighted by atomic mass is 10.0. The number of aromatic nitrogens is 1. The first-order chi connectivity index (χ1) is 10.5. The van der Waals surface area contributed by atoms with Crippen LogP contribution in [-0.2, 0) is 16.0 Å². The molecule has 5 heteroatoms. The first-order valence-electron chi connectivity index (χ1n) is 7.02. The number of amides is 1. The van der Waals surface area contributed by atoms with Gasteiger partial charge in [-0.25, -0.2) is 0 Å². The van der Waals surface area contributed by atoms with Crippen LogP contribution in [0.2, 0.25) is 0 Å². The number of benzene rings is 1. The van der Waals surface area contributed by atoms with E-state index in [0.29, 0.717) is 0 Å². The van der Waals surface area contributed by atoms with Crippen molar-refractivity contribution in [2.24, 2.45) is 0 Å². The monoisotopic (exact) mass is 298 g/mol. The van der Waals surface area contributed by atoms with Gasteiger partial charge in [-0.15, -0.1) is 0 Å². The van der Waals surface area contributed by atoms with Crippen LogP contribution in [0, 0.1) is 6.92 Å². The number of rotatable bonds is 6. The van der Waals surface area contributed by atoms with Gasteiger partial charge in [0.05, 0.1) is 18.9 Å². The van der Waals surface area contributed by atoms with Crippen LogP contribution in [0.4, 0.5) is 0 Å². The molecule has 0 bridgehead atoms. The van der Waals surface area contributed by atoms with Crippen LogP contribution in [0.15, 0.2) is 48.7 Å². The van der Waals surface area contributed by atoms with Gasteiger partial charge in [-0.3, -0.25) is 14.6 Å². The predicted molar refractivity (Wildman–Crippen MR) is 82.3 cm³/mol. The zero-order valence-corrected chi connectivity index (χ0v) is 12.3. The minimum absolute atomic E-state index is 0.151. The first-order valence-corrected chi connectivity index (χ1v) is 7.02. The molecule has 1 aromatic carbocycles. The summed E-state index contributed by atoms with van der Waals surface area (Å²) < 4.78 is 0. The van der Waals surface area contributed by atoms with Gasteiger partial charge in [-0.05, 0) is 24.1 Å². The highest BCUT2D eigenvalue weighted by atomic mass is 16.4. The molecular weight excluding hydrogens is 280 g/mol. The second-order valence-electron chi connectivity index (χ2n) is 5.11. The van der Waals surface area contributed by atoms with E-state index in [9.17, 15) is 9.59 Å². The molecule has 0 saturated heterocycles. The Balaban J connectivity index is 2.04. The molecule has 1 aromatic heterocycles. The quantitative estimate of drug-likeness (QED) is 0.857. The van der Waals surface area contributed by atoms with Crippen LogP contribution in [-0.4, -0.2) is 22.0 Å². The third-order valence-corrected chi connectivity index (χ3v) is 3.25. The summed E-state index contributed by atoms with van der Waals surface area (Å²) in [5, 5.41) is 11.8. The van der Waals surface area contributed by atoms with E-state index in [2.05, 4.69) is 10.3 Å². The maximum absolute atomic E-state index is 12.1. The average molecular weight is 298 g/mol. The summed E-state index contributed by atoms with van der Waals surface area (Å²) in [4.78, 5) is 27.3. The summed E-state index contributed by atoms with van der Waals surface area (Å²) in [6.07, 6.45) is 1.68. The normalized spacial score (nSPS) is 11.7. The van der Waals surface area contributed by atoms with E-state index in [1.54, 1.807) is 18.3 Å². The van der Waals surface area contributed by atoms with Crippen LogP contribution in [0.5, 0.6) is 0 Å². The van der Waals surface area contributed by atoms with Crippen LogP contribution < -0.4 is 5.32 Å². The van der Waals surface area contributed by atoms with Gasteiger partial charge >= 0.3 is 5.97 Å². The summed E-state index contributed by atoms with van der Waals surface area (Å²) >= 11 is 0. The zero-order valence-electron chi connectivity index (χ0n) is 12.3. The molecule has 22 heavy (non-hydrogen) atoms. The summed E-state index contributed by atoms with van der Waals surface area (Å²) in [7, 11) is 0. The zero-order chi connectivity index (χ0) is 15.9. The molecule has 114 valence electrons. The number of hydrogen-bond donors (Lipinski definition) is 2. The van der Waals surface area contributed by atoms with Gasteiger partial charge in [0.2, 0.25) is 5.91 Å². The molecule has 1 amide bonds. The van der Waals surface area contributed by atoms with Crippen molar-refractivity contribution in [2.75, 3.05) is 0 Å². The number of nitrogens with one attached hydrogen (secondary N) is 1. The fourth-order valence-electron chi connectivity index (χ4n) is 2.15. The number of carbonyl (C=O) groups is 2. The van der Waals surface area contributed by atoms with Crippen molar-refractivity contribution in [3.8, 4) is 0 Å². The van der Waals surface area contributed by atoms with Gasteiger partial charge in [-0.2, -0.15) is 0 Å². The molecule has 0 aliphatic heterocycles. The fourth-order valence-corrected chi connectivity index (χ4v) is 2.15. The second-order valence-corrected chi connectivity index (χ2v) is 5.11. The molecule has 1 atom stereocenters. The van der Waals surface area contributed by atoms with Gasteiger partial charge in [0, 0.05) is 11.9 Å². The molecule has 0 aliphatic rings. The lowest BCUT2D eigenvalue weighted by molar-refractivity contribution is -0.137. The molecule has 0 aliphatic carbocycles. The lowest BCUT2D eigenvalue weighted by Gasteiger charge is -2.17. The highest BCUT2D eigenvalue weighted by molar-refractivity contribution is 5.79. The van der Waals surface area contributed by atoms with Crippen molar-refractivity contribution >= 4 is 11.9 Å². The number of nitrogens with zero attached hydrogens (tertiary/aromatic N) is 1. The molecule has 0 fully saturated rings. The van der Waals surface area contributed by atoms with Crippen molar-refractivity contribution < 1.29 is 14.7 Å². The van der Waals surface area contributed by atoms with E-state index in [1.807, 2.05) is 37.3 Å². The number of aliphatic carboxylic acids is 1. The van der Waals surface area contributed by atoms with Crippen molar-refractivity contribution in [3.63, 3.8) is 0 Å². The summed E-state index contributed by atoms with van der Waals surface area (Å²) in [6, 6.07) is 12.2. The second kappa shape index (κ2) is 7.36. The van der Waals surface area contributed by atoms with Gasteiger partial charge in [-0.1, -0.05) is 36.4 Å². The number of carboxylic acid groups (broad SMARTS) is 1. The molecule has 1 heterocycles. The molecule has 0 saturated carbocycles. The number of pyridine rings is 1. The third-order valence-electron chi connectivity index (χ3n) is 3.25. The Kier molecular flexibility index (Phi) is 5.25. The Morgan fingerprint density at radius 1 is 1.18 bits per heavy atom. The lowest BCUT2D eigenvalue weighted by Crippen LogP contribution is -2.31. The van der Waals surface area contributed by atoms with Crippen LogP contribution in [0.3, 0.4) is 0 Å². The molecule has 2 N–H and O–H groups in total. The molecule has 0 radical (unpaired) electrons. The maximum Gasteiger partial charge on any atom is 0.305 e. The van der Waals surface area contributed by atoms with E-state index >= 15 is 0 Å².